The molecule has 4 nitrogen and oxygen atoms in total. The highest BCUT2D eigenvalue weighted by molar-refractivity contribution is 7.89. The zero-order chi connectivity index (χ0) is 18.7. The van der Waals surface area contributed by atoms with Gasteiger partial charge in [0, 0.05) is 13.7 Å². The largest absolute Gasteiger partial charge is 0.416 e. The second-order valence-electron chi connectivity index (χ2n) is 5.16. The van der Waals surface area contributed by atoms with Gasteiger partial charge in [0.15, 0.2) is 0 Å². The zero-order valence-electron chi connectivity index (χ0n) is 13.0. The molecule has 2 rings (SSSR count). The van der Waals surface area contributed by atoms with Gasteiger partial charge in [0.1, 0.15) is 5.82 Å². The van der Waals surface area contributed by atoms with Crippen molar-refractivity contribution in [1.29, 1.82) is 0 Å². The molecule has 0 spiro atoms. The summed E-state index contributed by atoms with van der Waals surface area (Å²) in [6.07, 6.45) is -5.45. The highest BCUT2D eigenvalue weighted by atomic mass is 32.2. The Kier molecular flexibility index (Phi) is 5.81. The molecule has 25 heavy (non-hydrogen) atoms. The van der Waals surface area contributed by atoms with Gasteiger partial charge in [-0.2, -0.15) is 13.2 Å². The Morgan fingerprint density at radius 1 is 1.12 bits per heavy atom. The van der Waals surface area contributed by atoms with Crippen LogP contribution in [0.2, 0.25) is 0 Å². The van der Waals surface area contributed by atoms with Gasteiger partial charge >= 0.3 is 6.18 Å². The first-order valence-corrected chi connectivity index (χ1v) is 8.57. The molecule has 0 aliphatic carbocycles. The van der Waals surface area contributed by atoms with Gasteiger partial charge < -0.3 is 4.74 Å². The summed E-state index contributed by atoms with van der Waals surface area (Å²) in [5.41, 5.74) is -0.668. The molecule has 0 saturated carbocycles. The van der Waals surface area contributed by atoms with Crippen LogP contribution in [0.25, 0.3) is 0 Å². The van der Waals surface area contributed by atoms with E-state index in [4.69, 9.17) is 4.74 Å². The quantitative estimate of drug-likeness (QED) is 0.784. The Labute approximate surface area is 142 Å². The van der Waals surface area contributed by atoms with Crippen molar-refractivity contribution in [2.45, 2.75) is 17.2 Å². The van der Waals surface area contributed by atoms with Gasteiger partial charge in [0.05, 0.1) is 16.6 Å². The summed E-state index contributed by atoms with van der Waals surface area (Å²) >= 11 is 0. The average Bonchev–Trinajstić information content (AvgIpc) is 2.55. The number of methoxy groups -OCH3 is 1. The molecule has 0 fully saturated rings. The molecule has 0 radical (unpaired) electrons. The number of benzene rings is 2. The van der Waals surface area contributed by atoms with Crippen LogP contribution in [-0.2, 0) is 20.9 Å². The highest BCUT2D eigenvalue weighted by Gasteiger charge is 2.31. The first-order valence-electron chi connectivity index (χ1n) is 7.08. The number of hydrogen-bond acceptors (Lipinski definition) is 3. The van der Waals surface area contributed by atoms with Crippen LogP contribution in [0.5, 0.6) is 0 Å². The number of hydrogen-bond donors (Lipinski definition) is 1. The summed E-state index contributed by atoms with van der Waals surface area (Å²) in [4.78, 5) is -0.517. The molecule has 1 atom stereocenters. The molecular weight excluding hydrogens is 362 g/mol. The van der Waals surface area contributed by atoms with Gasteiger partial charge in [0.2, 0.25) is 10.0 Å². The van der Waals surface area contributed by atoms with Gasteiger partial charge in [-0.15, -0.1) is 0 Å². The Morgan fingerprint density at radius 2 is 1.80 bits per heavy atom. The molecule has 2 aromatic rings. The van der Waals surface area contributed by atoms with E-state index >= 15 is 0 Å². The number of nitrogens with one attached hydrogen (secondary N) is 1. The predicted molar refractivity (Wildman–Crippen MR) is 82.8 cm³/mol. The number of rotatable bonds is 6. The van der Waals surface area contributed by atoms with Crippen LogP contribution in [-0.4, -0.2) is 22.1 Å². The molecule has 0 saturated heterocycles. The van der Waals surface area contributed by atoms with Crippen molar-refractivity contribution in [3.8, 4) is 0 Å². The first kappa shape index (κ1) is 19.4. The lowest BCUT2D eigenvalue weighted by Crippen LogP contribution is -2.29. The molecule has 0 aliphatic rings. The lowest BCUT2D eigenvalue weighted by Gasteiger charge is -2.17. The Balaban J connectivity index is 2.18. The van der Waals surface area contributed by atoms with Crippen LogP contribution in [0, 0.1) is 5.82 Å². The van der Waals surface area contributed by atoms with Crippen LogP contribution in [0.1, 0.15) is 17.2 Å². The van der Waals surface area contributed by atoms with E-state index in [1.54, 1.807) is 6.07 Å². The summed E-state index contributed by atoms with van der Waals surface area (Å²) in [5.74, 6) is -0.514. The molecule has 0 heterocycles. The fraction of sp³-hybridized carbons (Fsp3) is 0.250. The SMILES string of the molecule is COC(CNS(=O)(=O)c1cccc(C(F)(F)F)c1)c1cccc(F)c1. The highest BCUT2D eigenvalue weighted by Crippen LogP contribution is 2.30. The van der Waals surface area contributed by atoms with Crippen molar-refractivity contribution in [3.63, 3.8) is 0 Å². The molecule has 1 N–H and O–H groups in total. The van der Waals surface area contributed by atoms with Gasteiger partial charge in [-0.1, -0.05) is 18.2 Å². The van der Waals surface area contributed by atoms with E-state index in [0.29, 0.717) is 11.6 Å². The van der Waals surface area contributed by atoms with E-state index in [1.165, 1.54) is 25.3 Å². The van der Waals surface area contributed by atoms with E-state index in [9.17, 15) is 26.0 Å². The molecule has 2 aromatic carbocycles. The molecule has 136 valence electrons. The fourth-order valence-corrected chi connectivity index (χ4v) is 3.23. The summed E-state index contributed by atoms with van der Waals surface area (Å²) in [5, 5.41) is 0. The summed E-state index contributed by atoms with van der Waals surface area (Å²) in [7, 11) is -2.88. The van der Waals surface area contributed by atoms with Crippen LogP contribution in [0.15, 0.2) is 53.4 Å². The zero-order valence-corrected chi connectivity index (χ0v) is 13.9. The molecular formula is C16H15F4NO3S. The van der Waals surface area contributed by atoms with Crippen LogP contribution in [0.3, 0.4) is 0 Å². The third kappa shape index (κ3) is 5.00. The molecule has 0 amide bonds. The Morgan fingerprint density at radius 3 is 2.40 bits per heavy atom. The van der Waals surface area contributed by atoms with Crippen molar-refractivity contribution in [2.24, 2.45) is 0 Å². The van der Waals surface area contributed by atoms with Gasteiger partial charge in [-0.05, 0) is 35.9 Å². The molecule has 0 aliphatic heterocycles. The van der Waals surface area contributed by atoms with Gasteiger partial charge in [0.25, 0.3) is 0 Å². The maximum atomic E-state index is 13.3. The first-order chi connectivity index (χ1) is 11.6. The lowest BCUT2D eigenvalue weighted by atomic mass is 10.1. The maximum Gasteiger partial charge on any atom is 0.416 e. The third-order valence-electron chi connectivity index (χ3n) is 3.44. The Bertz CT molecular complexity index is 837. The van der Waals surface area contributed by atoms with E-state index in [-0.39, 0.29) is 6.54 Å². The van der Waals surface area contributed by atoms with Crippen LogP contribution in [0.4, 0.5) is 17.6 Å². The molecule has 0 bridgehead atoms. The lowest BCUT2D eigenvalue weighted by molar-refractivity contribution is -0.137. The van der Waals surface area contributed by atoms with Crippen LogP contribution >= 0.6 is 0 Å². The second kappa shape index (κ2) is 7.51. The van der Waals surface area contributed by atoms with E-state index in [2.05, 4.69) is 4.72 Å². The van der Waals surface area contributed by atoms with Crippen molar-refractivity contribution in [1.82, 2.24) is 4.72 Å². The molecule has 0 aromatic heterocycles. The van der Waals surface area contributed by atoms with Gasteiger partial charge in [-0.3, -0.25) is 0 Å². The standard InChI is InChI=1S/C16H15F4NO3S/c1-24-15(11-4-2-6-13(17)8-11)10-21-25(22,23)14-7-3-5-12(9-14)16(18,19)20/h2-9,15,21H,10H2,1H3. The molecule has 9 heteroatoms. The minimum atomic E-state index is -4.65. The van der Waals surface area contributed by atoms with E-state index < -0.39 is 38.6 Å². The molecule has 1 unspecified atom stereocenters. The monoisotopic (exact) mass is 377 g/mol. The topological polar surface area (TPSA) is 55.4 Å². The maximum absolute atomic E-state index is 13.3. The van der Waals surface area contributed by atoms with Crippen LogP contribution < -0.4 is 4.72 Å². The van der Waals surface area contributed by atoms with E-state index in [1.807, 2.05) is 0 Å². The number of ether oxygens (including phenoxy) is 1. The minimum absolute atomic E-state index is 0.265. The summed E-state index contributed by atoms with van der Waals surface area (Å²) < 4.78 is 83.1. The number of halogens is 4. The minimum Gasteiger partial charge on any atom is -0.375 e. The number of alkyl halides is 3. The summed E-state index contributed by atoms with van der Waals surface area (Å²) in [6, 6.07) is 8.80. The number of sulfonamides is 1. The second-order valence-corrected chi connectivity index (χ2v) is 6.92. The van der Waals surface area contributed by atoms with Crippen molar-refractivity contribution in [2.75, 3.05) is 13.7 Å². The van der Waals surface area contributed by atoms with Crippen molar-refractivity contribution in [3.05, 3.63) is 65.5 Å². The van der Waals surface area contributed by atoms with E-state index in [0.717, 1.165) is 18.2 Å². The third-order valence-corrected chi connectivity index (χ3v) is 4.86. The normalized spacial score (nSPS) is 13.6. The fourth-order valence-electron chi connectivity index (χ4n) is 2.15. The van der Waals surface area contributed by atoms with Crippen molar-refractivity contribution < 1.29 is 30.7 Å². The summed E-state index contributed by atoms with van der Waals surface area (Å²) in [6.45, 7) is -0.265. The Hall–Kier alpha value is -1.97. The smallest absolute Gasteiger partial charge is 0.375 e. The predicted octanol–water partition coefficient (Wildman–Crippen LogP) is 3.51. The van der Waals surface area contributed by atoms with Crippen molar-refractivity contribution >= 4 is 10.0 Å². The average molecular weight is 377 g/mol. The van der Waals surface area contributed by atoms with Gasteiger partial charge in [-0.25, -0.2) is 17.5 Å².